The zero-order valence-corrected chi connectivity index (χ0v) is 25.7. The highest BCUT2D eigenvalue weighted by Crippen LogP contribution is 2.40. The summed E-state index contributed by atoms with van der Waals surface area (Å²) in [6.07, 6.45) is 5.00. The number of aromatic nitrogens is 4. The molecule has 3 aromatic heterocycles. The normalized spacial score (nSPS) is 11.3. The lowest BCUT2D eigenvalue weighted by Gasteiger charge is -2.25. The van der Waals surface area contributed by atoms with Crippen molar-refractivity contribution in [3.05, 3.63) is 120 Å². The van der Waals surface area contributed by atoms with Gasteiger partial charge in [0.15, 0.2) is 0 Å². The van der Waals surface area contributed by atoms with Crippen LogP contribution in [0, 0.1) is 11.3 Å². The summed E-state index contributed by atoms with van der Waals surface area (Å²) in [6, 6.07) is 35.0. The van der Waals surface area contributed by atoms with Gasteiger partial charge in [-0.25, -0.2) is 9.97 Å². The summed E-state index contributed by atoms with van der Waals surface area (Å²) in [7, 11) is 0. The van der Waals surface area contributed by atoms with Crippen molar-refractivity contribution in [1.82, 2.24) is 18.7 Å². The summed E-state index contributed by atoms with van der Waals surface area (Å²) < 4.78 is 13.9. The van der Waals surface area contributed by atoms with Crippen LogP contribution in [0.1, 0.15) is 4.88 Å². The molecule has 0 aliphatic heterocycles. The molecule has 0 amide bonds. The molecule has 0 spiro atoms. The zero-order chi connectivity index (χ0) is 30.6. The van der Waals surface area contributed by atoms with Gasteiger partial charge in [0.1, 0.15) is 27.1 Å². The molecule has 0 aliphatic carbocycles. The number of hydrogen-bond donors (Lipinski definition) is 0. The lowest BCUT2D eigenvalue weighted by Crippen LogP contribution is -2.09. The number of carbonyl (C=O) groups is 1. The van der Waals surface area contributed by atoms with E-state index in [-0.39, 0.29) is 12.2 Å². The highest BCUT2D eigenvalue weighted by atomic mass is 32.1. The third-order valence-corrected chi connectivity index (χ3v) is 9.49. The second kappa shape index (κ2) is 12.6. The van der Waals surface area contributed by atoms with Crippen molar-refractivity contribution in [3.8, 4) is 37.7 Å². The fraction of sp³-hybridized carbons (Fsp3) is 0. The molecule has 216 valence electrons. The van der Waals surface area contributed by atoms with Crippen LogP contribution in [0.2, 0.25) is 0 Å². The number of rotatable bonds is 9. The summed E-state index contributed by atoms with van der Waals surface area (Å²) >= 11 is 4.10. The van der Waals surface area contributed by atoms with Crippen LogP contribution in [0.5, 0.6) is 0 Å². The number of ether oxygens (including phenoxy) is 1. The molecule has 0 radical (unpaired) electrons. The minimum atomic E-state index is -0.102. The van der Waals surface area contributed by atoms with E-state index in [4.69, 9.17) is 10.2 Å². The molecule has 7 rings (SSSR count). The molecular formula is C34H20N6O2S3. The van der Waals surface area contributed by atoms with Crippen LogP contribution < -0.4 is 4.90 Å². The summed E-state index contributed by atoms with van der Waals surface area (Å²) in [5, 5.41) is 10.7. The molecule has 0 atom stereocenters. The third kappa shape index (κ3) is 5.73. The van der Waals surface area contributed by atoms with Crippen molar-refractivity contribution in [2.45, 2.75) is 0 Å². The number of nitrogens with zero attached hydrogens (tertiary/aromatic N) is 6. The van der Waals surface area contributed by atoms with Gasteiger partial charge in [-0.05, 0) is 54.1 Å². The lowest BCUT2D eigenvalue weighted by molar-refractivity contribution is -0.124. The molecule has 0 N–H and O–H groups in total. The van der Waals surface area contributed by atoms with Crippen LogP contribution in [0.4, 0.5) is 17.1 Å². The van der Waals surface area contributed by atoms with E-state index in [2.05, 4.69) is 71.9 Å². The molecule has 0 saturated heterocycles. The fourth-order valence-corrected chi connectivity index (χ4v) is 7.27. The molecule has 0 unspecified atom stereocenters. The Morgan fingerprint density at radius 3 is 1.91 bits per heavy atom. The van der Waals surface area contributed by atoms with Gasteiger partial charge in [0.2, 0.25) is 5.76 Å². The van der Waals surface area contributed by atoms with E-state index in [1.165, 1.54) is 17.4 Å². The summed E-state index contributed by atoms with van der Waals surface area (Å²) in [6.45, 7) is 0.227. The number of hydrogen-bond acceptors (Lipinski definition) is 11. The minimum absolute atomic E-state index is 0.102. The molecule has 0 saturated carbocycles. The standard InChI is InChI=1S/C34H20N6O2S3/c35-18-26(42-21-41)17-27-19-36-33(43-27)28-15-16-29(32-31(28)38-45-39-32)34-37-20-30(44-34)22-11-13-25(14-12-22)40(23-7-3-1-4-8-23)24-9-5-2-6-10-24/h1-17,19-21H. The van der Waals surface area contributed by atoms with Crippen LogP contribution in [0.25, 0.3) is 48.7 Å². The molecule has 0 bridgehead atoms. The van der Waals surface area contributed by atoms with Gasteiger partial charge in [0, 0.05) is 46.7 Å². The Labute approximate surface area is 270 Å². The fourth-order valence-electron chi connectivity index (χ4n) is 4.87. The number of allylic oxidation sites excluding steroid dienone is 1. The predicted octanol–water partition coefficient (Wildman–Crippen LogP) is 9.11. The summed E-state index contributed by atoms with van der Waals surface area (Å²) in [4.78, 5) is 23.9. The number of nitriles is 1. The van der Waals surface area contributed by atoms with E-state index in [9.17, 15) is 4.79 Å². The van der Waals surface area contributed by atoms with Gasteiger partial charge in [-0.1, -0.05) is 48.5 Å². The monoisotopic (exact) mass is 640 g/mol. The maximum atomic E-state index is 10.6. The maximum Gasteiger partial charge on any atom is 0.299 e. The molecule has 4 aromatic carbocycles. The van der Waals surface area contributed by atoms with E-state index >= 15 is 0 Å². The smallest absolute Gasteiger partial charge is 0.299 e. The average Bonchev–Trinajstić information content (AvgIpc) is 3.88. The number of carbonyl (C=O) groups excluding carboxylic acids is 1. The second-order valence-corrected chi connectivity index (χ2v) is 12.2. The van der Waals surface area contributed by atoms with Crippen molar-refractivity contribution in [2.75, 3.05) is 4.90 Å². The van der Waals surface area contributed by atoms with E-state index < -0.39 is 0 Å². The van der Waals surface area contributed by atoms with Crippen LogP contribution in [-0.2, 0) is 9.53 Å². The first-order chi connectivity index (χ1) is 22.2. The third-order valence-electron chi connectivity index (χ3n) is 6.90. The molecular weight excluding hydrogens is 621 g/mol. The van der Waals surface area contributed by atoms with Crippen LogP contribution in [0.3, 0.4) is 0 Å². The SMILES string of the molecule is N#CC(=Cc1cnc(-c2ccc(-c3ncc(-c4ccc(N(c5ccccc5)c5ccccc5)cc4)s3)c3nsnc23)s1)OC=O. The van der Waals surface area contributed by atoms with Gasteiger partial charge in [-0.15, -0.1) is 22.7 Å². The first-order valence-corrected chi connectivity index (χ1v) is 16.0. The van der Waals surface area contributed by atoms with Crippen molar-refractivity contribution in [2.24, 2.45) is 0 Å². The van der Waals surface area contributed by atoms with Gasteiger partial charge < -0.3 is 9.64 Å². The van der Waals surface area contributed by atoms with Crippen molar-refractivity contribution >= 4 is 75.0 Å². The Morgan fingerprint density at radius 2 is 1.31 bits per heavy atom. The maximum absolute atomic E-state index is 10.6. The van der Waals surface area contributed by atoms with E-state index in [0.717, 1.165) is 66.4 Å². The zero-order valence-electron chi connectivity index (χ0n) is 23.3. The number of thiazole rings is 2. The Bertz CT molecular complexity index is 2140. The summed E-state index contributed by atoms with van der Waals surface area (Å²) in [5.74, 6) is -0.102. The number of anilines is 3. The number of benzene rings is 4. The molecule has 45 heavy (non-hydrogen) atoms. The number of para-hydroxylation sites is 2. The van der Waals surface area contributed by atoms with Crippen LogP contribution in [-0.4, -0.2) is 25.2 Å². The topological polar surface area (TPSA) is 105 Å². The largest absolute Gasteiger partial charge is 0.417 e. The molecule has 11 heteroatoms. The van der Waals surface area contributed by atoms with Crippen molar-refractivity contribution in [3.63, 3.8) is 0 Å². The van der Waals surface area contributed by atoms with Crippen LogP contribution >= 0.6 is 34.4 Å². The number of fused-ring (bicyclic) bond motifs is 1. The van der Waals surface area contributed by atoms with Crippen molar-refractivity contribution in [1.29, 1.82) is 5.26 Å². The minimum Gasteiger partial charge on any atom is -0.417 e. The molecule has 3 heterocycles. The predicted molar refractivity (Wildman–Crippen MR) is 180 cm³/mol. The van der Waals surface area contributed by atoms with Gasteiger partial charge in [-0.3, -0.25) is 4.79 Å². The van der Waals surface area contributed by atoms with Crippen molar-refractivity contribution < 1.29 is 9.53 Å². The Balaban J connectivity index is 1.18. The first-order valence-electron chi connectivity index (χ1n) is 13.6. The Hall–Kier alpha value is -5.54. The first kappa shape index (κ1) is 28.2. The van der Waals surface area contributed by atoms with E-state index in [1.807, 2.05) is 60.8 Å². The van der Waals surface area contributed by atoms with E-state index in [0.29, 0.717) is 9.88 Å². The second-order valence-electron chi connectivity index (χ2n) is 9.61. The van der Waals surface area contributed by atoms with Gasteiger partial charge in [0.05, 0.1) is 21.5 Å². The summed E-state index contributed by atoms with van der Waals surface area (Å²) in [5.41, 5.74) is 7.53. The molecule has 0 aliphatic rings. The van der Waals surface area contributed by atoms with E-state index in [1.54, 1.807) is 17.5 Å². The van der Waals surface area contributed by atoms with Crippen LogP contribution in [0.15, 0.2) is 115 Å². The molecule has 0 fully saturated rings. The quantitative estimate of drug-likeness (QED) is 0.0874. The van der Waals surface area contributed by atoms with Gasteiger partial charge in [0.25, 0.3) is 6.47 Å². The highest BCUT2D eigenvalue weighted by Gasteiger charge is 2.18. The Kier molecular flexibility index (Phi) is 7.90. The average molecular weight is 641 g/mol. The molecule has 8 nitrogen and oxygen atoms in total. The molecule has 7 aromatic rings. The highest BCUT2D eigenvalue weighted by molar-refractivity contribution is 7.18. The van der Waals surface area contributed by atoms with Gasteiger partial charge in [-0.2, -0.15) is 14.0 Å². The van der Waals surface area contributed by atoms with Gasteiger partial charge >= 0.3 is 0 Å². The lowest BCUT2D eigenvalue weighted by atomic mass is 10.1. The Morgan fingerprint density at radius 1 is 0.733 bits per heavy atom.